The molecule has 1 aromatic rings. The summed E-state index contributed by atoms with van der Waals surface area (Å²) in [5, 5.41) is 3.29. The van der Waals surface area contributed by atoms with E-state index in [4.69, 9.17) is 0 Å². The van der Waals surface area contributed by atoms with Crippen LogP contribution in [0.4, 0.5) is 8.78 Å². The first kappa shape index (κ1) is 17.5. The lowest BCUT2D eigenvalue weighted by atomic mass is 10.2. The number of hydrogen-bond donors (Lipinski definition) is 1. The monoisotopic (exact) mass is 325 g/mol. The van der Waals surface area contributed by atoms with Gasteiger partial charge in [0.2, 0.25) is 0 Å². The maximum atomic E-state index is 12.1. The van der Waals surface area contributed by atoms with E-state index in [0.29, 0.717) is 6.54 Å². The molecule has 1 aliphatic rings. The van der Waals surface area contributed by atoms with Crippen molar-refractivity contribution in [3.63, 3.8) is 0 Å². The first-order valence-electron chi connectivity index (χ1n) is 8.11. The molecule has 0 radical (unpaired) electrons. The van der Waals surface area contributed by atoms with Crippen LogP contribution in [0.15, 0.2) is 29.3 Å². The number of rotatable bonds is 8. The summed E-state index contributed by atoms with van der Waals surface area (Å²) in [4.78, 5) is 6.70. The molecule has 1 saturated carbocycles. The van der Waals surface area contributed by atoms with E-state index in [2.05, 4.69) is 15.0 Å². The van der Waals surface area contributed by atoms with Gasteiger partial charge in [-0.05, 0) is 37.0 Å². The van der Waals surface area contributed by atoms with Gasteiger partial charge in [0.1, 0.15) is 5.75 Å². The average molecular weight is 325 g/mol. The minimum absolute atomic E-state index is 0.177. The van der Waals surface area contributed by atoms with Gasteiger partial charge < -0.3 is 15.0 Å². The lowest BCUT2D eigenvalue weighted by Crippen LogP contribution is -2.38. The molecular formula is C17H25F2N3O. The van der Waals surface area contributed by atoms with Crippen molar-refractivity contribution in [2.24, 2.45) is 10.9 Å². The summed E-state index contributed by atoms with van der Waals surface area (Å²) in [6.07, 6.45) is 3.84. The molecule has 23 heavy (non-hydrogen) atoms. The van der Waals surface area contributed by atoms with Crippen molar-refractivity contribution in [3.8, 4) is 5.75 Å². The largest absolute Gasteiger partial charge is 0.435 e. The molecule has 1 N–H and O–H groups in total. The van der Waals surface area contributed by atoms with Crippen LogP contribution in [0.2, 0.25) is 0 Å². The number of benzene rings is 1. The van der Waals surface area contributed by atoms with E-state index in [1.807, 2.05) is 18.9 Å². The predicted molar refractivity (Wildman–Crippen MR) is 87.9 cm³/mol. The van der Waals surface area contributed by atoms with E-state index in [-0.39, 0.29) is 5.75 Å². The van der Waals surface area contributed by atoms with E-state index >= 15 is 0 Å². The average Bonchev–Trinajstić information content (AvgIpc) is 3.32. The summed E-state index contributed by atoms with van der Waals surface area (Å²) < 4.78 is 28.7. The summed E-state index contributed by atoms with van der Waals surface area (Å²) in [5.74, 6) is 1.92. The fourth-order valence-electron chi connectivity index (χ4n) is 2.35. The Balaban J connectivity index is 1.89. The molecule has 2 rings (SSSR count). The molecule has 0 unspecified atom stereocenters. The third-order valence-electron chi connectivity index (χ3n) is 3.76. The van der Waals surface area contributed by atoms with Crippen LogP contribution in [0.5, 0.6) is 5.75 Å². The number of nitrogens with one attached hydrogen (secondary N) is 1. The number of aliphatic imine (C=N–C) groups is 1. The van der Waals surface area contributed by atoms with Gasteiger partial charge in [0.05, 0.1) is 0 Å². The van der Waals surface area contributed by atoms with Crippen molar-refractivity contribution < 1.29 is 13.5 Å². The molecule has 0 spiro atoms. The second-order valence-electron chi connectivity index (χ2n) is 5.85. The molecule has 0 aliphatic heterocycles. The van der Waals surface area contributed by atoms with Crippen molar-refractivity contribution in [2.75, 3.05) is 20.1 Å². The summed E-state index contributed by atoms with van der Waals surface area (Å²) in [6.45, 7) is 1.57. The van der Waals surface area contributed by atoms with Crippen molar-refractivity contribution in [2.45, 2.75) is 39.3 Å². The van der Waals surface area contributed by atoms with Crippen LogP contribution in [-0.4, -0.2) is 37.6 Å². The Morgan fingerprint density at radius 2 is 2.04 bits per heavy atom. The van der Waals surface area contributed by atoms with Gasteiger partial charge in [-0.15, -0.1) is 0 Å². The van der Waals surface area contributed by atoms with Gasteiger partial charge in [0.25, 0.3) is 0 Å². The molecule has 0 heterocycles. The number of guanidine groups is 1. The highest BCUT2D eigenvalue weighted by Gasteiger charge is 2.20. The molecule has 1 aliphatic carbocycles. The van der Waals surface area contributed by atoms with Crippen LogP contribution in [0.25, 0.3) is 0 Å². The van der Waals surface area contributed by atoms with E-state index < -0.39 is 6.61 Å². The maximum absolute atomic E-state index is 12.1. The highest BCUT2D eigenvalue weighted by molar-refractivity contribution is 5.79. The molecule has 1 fully saturated rings. The number of alkyl halides is 2. The summed E-state index contributed by atoms with van der Waals surface area (Å²) in [7, 11) is 1.97. The molecule has 128 valence electrons. The number of halogens is 2. The molecule has 0 amide bonds. The van der Waals surface area contributed by atoms with Crippen molar-refractivity contribution >= 4 is 5.96 Å². The molecule has 4 nitrogen and oxygen atoms in total. The smallest absolute Gasteiger partial charge is 0.387 e. The zero-order chi connectivity index (χ0) is 16.7. The fraction of sp³-hybridized carbons (Fsp3) is 0.588. The third kappa shape index (κ3) is 6.42. The summed E-state index contributed by atoms with van der Waals surface area (Å²) >= 11 is 0. The number of hydrogen-bond acceptors (Lipinski definition) is 2. The van der Waals surface area contributed by atoms with E-state index in [1.165, 1.54) is 12.8 Å². The molecule has 0 atom stereocenters. The van der Waals surface area contributed by atoms with Crippen LogP contribution in [0.1, 0.15) is 31.7 Å². The first-order valence-corrected chi connectivity index (χ1v) is 8.11. The van der Waals surface area contributed by atoms with Gasteiger partial charge in [-0.2, -0.15) is 8.78 Å². The molecule has 0 aromatic heterocycles. The maximum Gasteiger partial charge on any atom is 0.387 e. The second kappa shape index (κ2) is 8.70. The molecule has 6 heteroatoms. The van der Waals surface area contributed by atoms with Crippen LogP contribution >= 0.6 is 0 Å². The van der Waals surface area contributed by atoms with Gasteiger partial charge in [-0.1, -0.05) is 25.0 Å². The Morgan fingerprint density at radius 3 is 2.61 bits per heavy atom. The molecule has 1 aromatic carbocycles. The summed E-state index contributed by atoms with van der Waals surface area (Å²) in [5.41, 5.74) is 1.02. The van der Waals surface area contributed by atoms with E-state index in [0.717, 1.165) is 37.0 Å². The van der Waals surface area contributed by atoms with Gasteiger partial charge in [-0.3, -0.25) is 4.99 Å². The first-order chi connectivity index (χ1) is 11.1. The number of nitrogens with zero attached hydrogens (tertiary/aromatic N) is 2. The lowest BCUT2D eigenvalue weighted by Gasteiger charge is -2.22. The van der Waals surface area contributed by atoms with Crippen LogP contribution in [0, 0.1) is 5.92 Å². The van der Waals surface area contributed by atoms with Gasteiger partial charge in [-0.25, -0.2) is 0 Å². The Labute approximate surface area is 136 Å². The van der Waals surface area contributed by atoms with Crippen LogP contribution in [-0.2, 0) is 6.54 Å². The third-order valence-corrected chi connectivity index (χ3v) is 3.76. The van der Waals surface area contributed by atoms with Crippen molar-refractivity contribution in [1.29, 1.82) is 0 Å². The predicted octanol–water partition coefficient (Wildman–Crippen LogP) is 3.49. The molecule has 0 saturated heterocycles. The summed E-state index contributed by atoms with van der Waals surface area (Å²) in [6, 6.07) is 6.71. The Bertz CT molecular complexity index is 501. The highest BCUT2D eigenvalue weighted by atomic mass is 19.3. The minimum Gasteiger partial charge on any atom is -0.435 e. The Kier molecular flexibility index (Phi) is 6.62. The second-order valence-corrected chi connectivity index (χ2v) is 5.85. The van der Waals surface area contributed by atoms with Crippen LogP contribution in [0.3, 0.4) is 0 Å². The van der Waals surface area contributed by atoms with Gasteiger partial charge in [0.15, 0.2) is 5.96 Å². The zero-order valence-electron chi connectivity index (χ0n) is 13.8. The Hall–Kier alpha value is -1.85. The Morgan fingerprint density at radius 1 is 1.35 bits per heavy atom. The highest BCUT2D eigenvalue weighted by Crippen LogP contribution is 2.32. The normalized spacial score (nSPS) is 14.9. The fourth-order valence-corrected chi connectivity index (χ4v) is 2.35. The number of ether oxygens (including phenoxy) is 1. The SMILES string of the molecule is CCNC(=NCCC1CC1)N(C)Cc1ccc(OC(F)F)cc1. The lowest BCUT2D eigenvalue weighted by molar-refractivity contribution is -0.0498. The standard InChI is InChI=1S/C17H25F2N3O/c1-3-20-17(21-11-10-13-4-5-13)22(2)12-14-6-8-15(9-7-14)23-16(18)19/h6-9,13,16H,3-5,10-12H2,1-2H3,(H,20,21). The van der Waals surface area contributed by atoms with Crippen molar-refractivity contribution in [3.05, 3.63) is 29.8 Å². The van der Waals surface area contributed by atoms with Crippen molar-refractivity contribution in [1.82, 2.24) is 10.2 Å². The quantitative estimate of drug-likeness (QED) is 0.587. The molecular weight excluding hydrogens is 300 g/mol. The molecule has 0 bridgehead atoms. The zero-order valence-corrected chi connectivity index (χ0v) is 13.8. The minimum atomic E-state index is -2.79. The van der Waals surface area contributed by atoms with E-state index in [9.17, 15) is 8.78 Å². The van der Waals surface area contributed by atoms with Gasteiger partial charge >= 0.3 is 6.61 Å². The topological polar surface area (TPSA) is 36.9 Å². The van der Waals surface area contributed by atoms with E-state index in [1.54, 1.807) is 24.3 Å². The van der Waals surface area contributed by atoms with Crippen LogP contribution < -0.4 is 10.1 Å². The van der Waals surface area contributed by atoms with Gasteiger partial charge in [0, 0.05) is 26.7 Å².